The number of para-hydroxylation sites is 1. The van der Waals surface area contributed by atoms with Gasteiger partial charge in [-0.05, 0) is 56.1 Å². The lowest BCUT2D eigenvalue weighted by atomic mass is 9.62. The quantitative estimate of drug-likeness (QED) is 0.590. The van der Waals surface area contributed by atoms with Crippen LogP contribution in [0.5, 0.6) is 5.75 Å². The minimum Gasteiger partial charge on any atom is -0.496 e. The predicted octanol–water partition coefficient (Wildman–Crippen LogP) is 5.41. The maximum atomic E-state index is 13.2. The Morgan fingerprint density at radius 2 is 1.88 bits per heavy atom. The number of methoxy groups -OCH3 is 1. The highest BCUT2D eigenvalue weighted by atomic mass is 16.5. The van der Waals surface area contributed by atoms with Gasteiger partial charge in [0, 0.05) is 0 Å². The molecule has 1 aromatic carbocycles. The lowest BCUT2D eigenvalue weighted by Crippen LogP contribution is -2.44. The molecule has 0 saturated heterocycles. The molecule has 0 heterocycles. The molecule has 25 heavy (non-hydrogen) atoms. The van der Waals surface area contributed by atoms with E-state index in [1.807, 2.05) is 25.1 Å². The van der Waals surface area contributed by atoms with Crippen LogP contribution in [0, 0.1) is 17.3 Å². The van der Waals surface area contributed by atoms with Crippen LogP contribution in [0.15, 0.2) is 24.3 Å². The number of carbonyl (C=O) groups excluding carboxylic acids is 1. The Hall–Kier alpha value is -1.51. The second-order valence-electron chi connectivity index (χ2n) is 7.80. The first kappa shape index (κ1) is 19.8. The Labute approximate surface area is 153 Å². The van der Waals surface area contributed by atoms with Crippen LogP contribution in [0.2, 0.25) is 0 Å². The summed E-state index contributed by atoms with van der Waals surface area (Å²) in [6.07, 6.45) is 7.55. The first-order valence-corrected chi connectivity index (χ1v) is 9.82. The van der Waals surface area contributed by atoms with Crippen LogP contribution in [0.25, 0.3) is 0 Å². The Morgan fingerprint density at radius 3 is 2.48 bits per heavy atom. The number of benzene rings is 1. The monoisotopic (exact) mass is 346 g/mol. The number of ether oxygens (including phenoxy) is 2. The Bertz CT molecular complexity index is 546. The van der Waals surface area contributed by atoms with Gasteiger partial charge >= 0.3 is 5.97 Å². The summed E-state index contributed by atoms with van der Waals surface area (Å²) in [5, 5.41) is 0. The Balaban J connectivity index is 2.44. The second kappa shape index (κ2) is 9.26. The van der Waals surface area contributed by atoms with E-state index in [0.29, 0.717) is 24.9 Å². The summed E-state index contributed by atoms with van der Waals surface area (Å²) in [6, 6.07) is 8.10. The van der Waals surface area contributed by atoms with Crippen molar-refractivity contribution in [2.45, 2.75) is 65.7 Å². The first-order chi connectivity index (χ1) is 12.0. The van der Waals surface area contributed by atoms with Gasteiger partial charge in [0.1, 0.15) is 5.75 Å². The van der Waals surface area contributed by atoms with Crippen LogP contribution in [0.1, 0.15) is 64.9 Å². The molecule has 1 aromatic rings. The van der Waals surface area contributed by atoms with E-state index in [1.54, 1.807) is 7.11 Å². The summed E-state index contributed by atoms with van der Waals surface area (Å²) in [5.41, 5.74) is 0.670. The van der Waals surface area contributed by atoms with Crippen LogP contribution in [0.3, 0.4) is 0 Å². The number of esters is 1. The third-order valence-electron chi connectivity index (χ3n) is 5.54. The van der Waals surface area contributed by atoms with Crippen LogP contribution in [-0.4, -0.2) is 19.7 Å². The lowest BCUT2D eigenvalue weighted by molar-refractivity contribution is -0.162. The highest BCUT2D eigenvalue weighted by Gasteiger charge is 2.47. The zero-order valence-corrected chi connectivity index (χ0v) is 16.3. The summed E-state index contributed by atoms with van der Waals surface area (Å²) in [4.78, 5) is 13.2. The Kier molecular flexibility index (Phi) is 7.34. The summed E-state index contributed by atoms with van der Waals surface area (Å²) in [6.45, 7) is 6.76. The van der Waals surface area contributed by atoms with Crippen LogP contribution in [-0.2, 0) is 16.0 Å². The zero-order chi connectivity index (χ0) is 18.3. The van der Waals surface area contributed by atoms with Crippen molar-refractivity contribution in [1.29, 1.82) is 0 Å². The minimum atomic E-state index is -0.445. The molecule has 1 fully saturated rings. The molecule has 0 bridgehead atoms. The molecule has 2 rings (SSSR count). The van der Waals surface area contributed by atoms with Gasteiger partial charge < -0.3 is 9.47 Å². The van der Waals surface area contributed by atoms with Gasteiger partial charge in [-0.15, -0.1) is 0 Å². The fourth-order valence-corrected chi connectivity index (χ4v) is 4.55. The predicted molar refractivity (Wildman–Crippen MR) is 102 cm³/mol. The number of carbonyl (C=O) groups is 1. The first-order valence-electron chi connectivity index (χ1n) is 9.82. The van der Waals surface area contributed by atoms with Gasteiger partial charge in [-0.2, -0.15) is 0 Å². The van der Waals surface area contributed by atoms with Gasteiger partial charge in [0.25, 0.3) is 0 Å². The number of hydrogen-bond donors (Lipinski definition) is 0. The molecule has 1 aliphatic rings. The van der Waals surface area contributed by atoms with Crippen molar-refractivity contribution in [3.63, 3.8) is 0 Å². The molecular formula is C22H34O3. The van der Waals surface area contributed by atoms with Crippen molar-refractivity contribution in [1.82, 2.24) is 0 Å². The third kappa shape index (κ3) is 4.77. The van der Waals surface area contributed by atoms with Crippen LogP contribution in [0.4, 0.5) is 0 Å². The molecule has 0 spiro atoms. The molecular weight excluding hydrogens is 312 g/mol. The summed E-state index contributed by atoms with van der Waals surface area (Å²) < 4.78 is 11.2. The summed E-state index contributed by atoms with van der Waals surface area (Å²) in [7, 11) is 1.70. The standard InChI is InChI=1S/C22H34O3/c1-5-25-21(23)22(15-17(2)3,19-12-7-6-8-13-19)16-18-11-9-10-14-20(18)24-4/h9-11,14,17,19H,5-8,12-13,15-16H2,1-4H3. The van der Waals surface area contributed by atoms with Crippen LogP contribution < -0.4 is 4.74 Å². The van der Waals surface area contributed by atoms with Crippen molar-refractivity contribution < 1.29 is 14.3 Å². The summed E-state index contributed by atoms with van der Waals surface area (Å²) >= 11 is 0. The highest BCUT2D eigenvalue weighted by Crippen LogP contribution is 2.47. The fourth-order valence-electron chi connectivity index (χ4n) is 4.55. The molecule has 3 heteroatoms. The van der Waals surface area contributed by atoms with Crippen molar-refractivity contribution in [2.75, 3.05) is 13.7 Å². The normalized spacial score (nSPS) is 18.0. The molecule has 1 unspecified atom stereocenters. The number of rotatable bonds is 8. The van der Waals surface area contributed by atoms with E-state index in [0.717, 1.165) is 30.6 Å². The topological polar surface area (TPSA) is 35.5 Å². The van der Waals surface area contributed by atoms with E-state index in [2.05, 4.69) is 19.9 Å². The summed E-state index contributed by atoms with van der Waals surface area (Å²) in [5.74, 6) is 1.70. The maximum absolute atomic E-state index is 13.2. The van der Waals surface area contributed by atoms with E-state index >= 15 is 0 Å². The van der Waals surface area contributed by atoms with E-state index in [-0.39, 0.29) is 5.97 Å². The molecule has 140 valence electrons. The molecule has 1 aliphatic carbocycles. The van der Waals surface area contributed by atoms with Gasteiger partial charge in [0.2, 0.25) is 0 Å². The van der Waals surface area contributed by atoms with Crippen molar-refractivity contribution in [3.05, 3.63) is 29.8 Å². The van der Waals surface area contributed by atoms with E-state index in [9.17, 15) is 4.79 Å². The smallest absolute Gasteiger partial charge is 0.312 e. The van der Waals surface area contributed by atoms with Crippen molar-refractivity contribution in [3.8, 4) is 5.75 Å². The molecule has 1 atom stereocenters. The molecule has 0 amide bonds. The molecule has 1 saturated carbocycles. The minimum absolute atomic E-state index is 0.0125. The molecule has 0 N–H and O–H groups in total. The average molecular weight is 347 g/mol. The molecule has 0 radical (unpaired) electrons. The zero-order valence-electron chi connectivity index (χ0n) is 16.3. The Morgan fingerprint density at radius 1 is 1.20 bits per heavy atom. The van der Waals surface area contributed by atoms with Gasteiger partial charge in [0.15, 0.2) is 0 Å². The van der Waals surface area contributed by atoms with Crippen molar-refractivity contribution in [2.24, 2.45) is 17.3 Å². The average Bonchev–Trinajstić information content (AvgIpc) is 2.62. The third-order valence-corrected chi connectivity index (χ3v) is 5.54. The largest absolute Gasteiger partial charge is 0.496 e. The lowest BCUT2D eigenvalue weighted by Gasteiger charge is -2.42. The molecule has 0 aliphatic heterocycles. The SMILES string of the molecule is CCOC(=O)C(Cc1ccccc1OC)(CC(C)C)C1CCCCC1. The highest BCUT2D eigenvalue weighted by molar-refractivity contribution is 5.78. The van der Waals surface area contributed by atoms with E-state index in [1.165, 1.54) is 19.3 Å². The second-order valence-corrected chi connectivity index (χ2v) is 7.80. The van der Waals surface area contributed by atoms with E-state index < -0.39 is 5.41 Å². The van der Waals surface area contributed by atoms with E-state index in [4.69, 9.17) is 9.47 Å². The fraction of sp³-hybridized carbons (Fsp3) is 0.682. The van der Waals surface area contributed by atoms with Gasteiger partial charge in [-0.3, -0.25) is 4.79 Å². The van der Waals surface area contributed by atoms with Gasteiger partial charge in [-0.1, -0.05) is 51.3 Å². The molecule has 0 aromatic heterocycles. The maximum Gasteiger partial charge on any atom is 0.312 e. The van der Waals surface area contributed by atoms with Crippen molar-refractivity contribution >= 4 is 5.97 Å². The number of hydrogen-bond acceptors (Lipinski definition) is 3. The van der Waals surface area contributed by atoms with Gasteiger partial charge in [0.05, 0.1) is 19.1 Å². The molecule has 3 nitrogen and oxygen atoms in total. The van der Waals surface area contributed by atoms with Gasteiger partial charge in [-0.25, -0.2) is 0 Å². The van der Waals surface area contributed by atoms with Crippen LogP contribution >= 0.6 is 0 Å².